The molecule has 7 heteroatoms. The first-order valence-electron chi connectivity index (χ1n) is 6.51. The number of amides is 3. The van der Waals surface area contributed by atoms with Crippen molar-refractivity contribution >= 4 is 17.9 Å². The highest BCUT2D eigenvalue weighted by molar-refractivity contribution is 5.80. The Kier molecular flexibility index (Phi) is 3.92. The van der Waals surface area contributed by atoms with E-state index in [1.165, 1.54) is 6.92 Å². The molecule has 0 aromatic rings. The molecule has 7 nitrogen and oxygen atoms in total. The van der Waals surface area contributed by atoms with Crippen molar-refractivity contribution in [3.63, 3.8) is 0 Å². The van der Waals surface area contributed by atoms with E-state index in [4.69, 9.17) is 5.11 Å². The van der Waals surface area contributed by atoms with Crippen LogP contribution < -0.4 is 0 Å². The molecule has 2 aliphatic rings. The second kappa shape index (κ2) is 5.46. The zero-order chi connectivity index (χ0) is 14.0. The first-order valence-corrected chi connectivity index (χ1v) is 6.51. The maximum Gasteiger partial charge on any atom is 0.320 e. The number of carboxylic acid groups (broad SMARTS) is 1. The average Bonchev–Trinajstić information content (AvgIpc) is 2.51. The van der Waals surface area contributed by atoms with Gasteiger partial charge >= 0.3 is 12.0 Å². The molecule has 0 saturated carbocycles. The van der Waals surface area contributed by atoms with Crippen LogP contribution in [-0.2, 0) is 9.59 Å². The first-order chi connectivity index (χ1) is 8.99. The van der Waals surface area contributed by atoms with Gasteiger partial charge in [-0.2, -0.15) is 0 Å². The maximum absolute atomic E-state index is 12.1. The monoisotopic (exact) mass is 269 g/mol. The zero-order valence-corrected chi connectivity index (χ0v) is 11.0. The topological polar surface area (TPSA) is 81.2 Å². The third-order valence-electron chi connectivity index (χ3n) is 3.71. The Bertz CT molecular complexity index is 392. The summed E-state index contributed by atoms with van der Waals surface area (Å²) in [5, 5.41) is 8.79. The highest BCUT2D eigenvalue weighted by Crippen LogP contribution is 2.18. The van der Waals surface area contributed by atoms with E-state index in [1.54, 1.807) is 14.7 Å². The largest absolute Gasteiger partial charge is 0.481 e. The third kappa shape index (κ3) is 2.97. The van der Waals surface area contributed by atoms with Crippen molar-refractivity contribution in [3.8, 4) is 0 Å². The summed E-state index contributed by atoms with van der Waals surface area (Å²) in [5.41, 5.74) is 0. The molecule has 0 radical (unpaired) electrons. The Morgan fingerprint density at radius 1 is 0.947 bits per heavy atom. The summed E-state index contributed by atoms with van der Waals surface area (Å²) in [6.45, 7) is 4.49. The van der Waals surface area contributed by atoms with Crippen LogP contribution in [0.15, 0.2) is 0 Å². The van der Waals surface area contributed by atoms with Crippen LogP contribution >= 0.6 is 0 Å². The highest BCUT2D eigenvalue weighted by Gasteiger charge is 2.37. The van der Waals surface area contributed by atoms with Crippen LogP contribution in [0.3, 0.4) is 0 Å². The SMILES string of the molecule is CC(=O)N1CCCN(C(=O)N2CC(C(=O)O)C2)CC1. The van der Waals surface area contributed by atoms with E-state index >= 15 is 0 Å². The number of carbonyl (C=O) groups excluding carboxylic acids is 2. The molecule has 0 aromatic carbocycles. The normalized spacial score (nSPS) is 20.8. The molecule has 0 aliphatic carbocycles. The molecule has 3 amide bonds. The van der Waals surface area contributed by atoms with Gasteiger partial charge in [0.2, 0.25) is 5.91 Å². The summed E-state index contributed by atoms with van der Waals surface area (Å²) >= 11 is 0. The fraction of sp³-hybridized carbons (Fsp3) is 0.750. The number of hydrogen-bond acceptors (Lipinski definition) is 3. The highest BCUT2D eigenvalue weighted by atomic mass is 16.4. The van der Waals surface area contributed by atoms with Crippen LogP contribution in [0.25, 0.3) is 0 Å². The van der Waals surface area contributed by atoms with E-state index in [1.807, 2.05) is 0 Å². The first kappa shape index (κ1) is 13.6. The van der Waals surface area contributed by atoms with Crippen LogP contribution in [0.1, 0.15) is 13.3 Å². The zero-order valence-electron chi connectivity index (χ0n) is 11.0. The third-order valence-corrected chi connectivity index (χ3v) is 3.71. The number of urea groups is 1. The summed E-state index contributed by atoms with van der Waals surface area (Å²) in [4.78, 5) is 39.1. The van der Waals surface area contributed by atoms with Crippen LogP contribution in [-0.4, -0.2) is 77.0 Å². The molecule has 2 rings (SSSR count). The van der Waals surface area contributed by atoms with Crippen molar-refractivity contribution in [3.05, 3.63) is 0 Å². The fourth-order valence-electron chi connectivity index (χ4n) is 2.41. The molecule has 0 unspecified atom stereocenters. The molecule has 0 aromatic heterocycles. The van der Waals surface area contributed by atoms with Crippen molar-refractivity contribution in [2.75, 3.05) is 39.3 Å². The van der Waals surface area contributed by atoms with Gasteiger partial charge in [-0.05, 0) is 6.42 Å². The van der Waals surface area contributed by atoms with Gasteiger partial charge in [-0.3, -0.25) is 9.59 Å². The quantitative estimate of drug-likeness (QED) is 0.707. The van der Waals surface area contributed by atoms with Gasteiger partial charge in [0, 0.05) is 46.2 Å². The summed E-state index contributed by atoms with van der Waals surface area (Å²) in [7, 11) is 0. The molecule has 0 atom stereocenters. The summed E-state index contributed by atoms with van der Waals surface area (Å²) in [6, 6.07) is -0.108. The van der Waals surface area contributed by atoms with Crippen molar-refractivity contribution in [2.24, 2.45) is 5.92 Å². The molecule has 2 heterocycles. The average molecular weight is 269 g/mol. The number of nitrogens with zero attached hydrogens (tertiary/aromatic N) is 3. The van der Waals surface area contributed by atoms with E-state index in [-0.39, 0.29) is 11.9 Å². The van der Waals surface area contributed by atoms with Crippen molar-refractivity contribution in [1.29, 1.82) is 0 Å². The van der Waals surface area contributed by atoms with Gasteiger partial charge < -0.3 is 19.8 Å². The lowest BCUT2D eigenvalue weighted by Crippen LogP contribution is -2.57. The van der Waals surface area contributed by atoms with Gasteiger partial charge in [0.05, 0.1) is 5.92 Å². The summed E-state index contributed by atoms with van der Waals surface area (Å²) < 4.78 is 0. The number of aliphatic carboxylic acids is 1. The predicted molar refractivity (Wildman–Crippen MR) is 66.5 cm³/mol. The Morgan fingerprint density at radius 3 is 2.11 bits per heavy atom. The van der Waals surface area contributed by atoms with Gasteiger partial charge in [-0.15, -0.1) is 0 Å². The van der Waals surface area contributed by atoms with E-state index < -0.39 is 11.9 Å². The van der Waals surface area contributed by atoms with Gasteiger partial charge in [0.1, 0.15) is 0 Å². The van der Waals surface area contributed by atoms with Crippen LogP contribution in [0, 0.1) is 5.92 Å². The van der Waals surface area contributed by atoms with Crippen molar-refractivity contribution in [2.45, 2.75) is 13.3 Å². The minimum absolute atomic E-state index is 0.0317. The molecule has 2 saturated heterocycles. The van der Waals surface area contributed by atoms with Crippen LogP contribution in [0.5, 0.6) is 0 Å². The van der Waals surface area contributed by atoms with E-state index in [2.05, 4.69) is 0 Å². The molecule has 0 bridgehead atoms. The molecule has 1 N–H and O–H groups in total. The lowest BCUT2D eigenvalue weighted by Gasteiger charge is -2.39. The summed E-state index contributed by atoms with van der Waals surface area (Å²) in [5.74, 6) is -1.24. The lowest BCUT2D eigenvalue weighted by molar-refractivity contribution is -0.146. The molecule has 2 fully saturated rings. The fourth-order valence-corrected chi connectivity index (χ4v) is 2.41. The second-order valence-electron chi connectivity index (χ2n) is 5.07. The maximum atomic E-state index is 12.1. The van der Waals surface area contributed by atoms with Crippen LogP contribution in [0.2, 0.25) is 0 Å². The molecular weight excluding hydrogens is 250 g/mol. The van der Waals surface area contributed by atoms with Crippen LogP contribution in [0.4, 0.5) is 4.79 Å². The standard InChI is InChI=1S/C12H19N3O4/c1-9(16)13-3-2-4-14(6-5-13)12(19)15-7-10(8-15)11(17)18/h10H,2-8H2,1H3,(H,17,18). The predicted octanol–water partition coefficient (Wildman–Crippen LogP) is -0.323. The van der Waals surface area contributed by atoms with Gasteiger partial charge in [-0.1, -0.05) is 0 Å². The Morgan fingerprint density at radius 2 is 1.53 bits per heavy atom. The van der Waals surface area contributed by atoms with Crippen molar-refractivity contribution in [1.82, 2.24) is 14.7 Å². The number of rotatable bonds is 1. The van der Waals surface area contributed by atoms with Gasteiger partial charge in [0.15, 0.2) is 0 Å². The number of hydrogen-bond donors (Lipinski definition) is 1. The Hall–Kier alpha value is -1.79. The van der Waals surface area contributed by atoms with Gasteiger partial charge in [-0.25, -0.2) is 4.79 Å². The number of likely N-dealkylation sites (tertiary alicyclic amines) is 1. The lowest BCUT2D eigenvalue weighted by atomic mass is 10.0. The molecule has 106 valence electrons. The number of carboxylic acids is 1. The van der Waals surface area contributed by atoms with E-state index in [0.717, 1.165) is 6.42 Å². The van der Waals surface area contributed by atoms with Crippen molar-refractivity contribution < 1.29 is 19.5 Å². The Balaban J connectivity index is 1.84. The second-order valence-corrected chi connectivity index (χ2v) is 5.07. The Labute approximate surface area is 111 Å². The minimum Gasteiger partial charge on any atom is -0.481 e. The molecule has 2 aliphatic heterocycles. The number of carbonyl (C=O) groups is 3. The van der Waals surface area contributed by atoms with Gasteiger partial charge in [0.25, 0.3) is 0 Å². The molecule has 19 heavy (non-hydrogen) atoms. The molecule has 0 spiro atoms. The minimum atomic E-state index is -0.845. The van der Waals surface area contributed by atoms with E-state index in [9.17, 15) is 14.4 Å². The summed E-state index contributed by atoms with van der Waals surface area (Å²) in [6.07, 6.45) is 0.765. The smallest absolute Gasteiger partial charge is 0.320 e. The molecular formula is C12H19N3O4. The van der Waals surface area contributed by atoms with E-state index in [0.29, 0.717) is 39.3 Å².